The van der Waals surface area contributed by atoms with Gasteiger partial charge in [0.15, 0.2) is 0 Å². The van der Waals surface area contributed by atoms with Crippen LogP contribution in [0.2, 0.25) is 5.02 Å². The second-order valence-electron chi connectivity index (χ2n) is 5.04. The second-order valence-corrected chi connectivity index (χ2v) is 7.09. The van der Waals surface area contributed by atoms with Crippen LogP contribution < -0.4 is 4.72 Å². The maximum Gasteiger partial charge on any atom is 0.281 e. The monoisotopic (exact) mass is 348 g/mol. The average Bonchev–Trinajstić information content (AvgIpc) is 2.85. The quantitative estimate of drug-likeness (QED) is 0.762. The van der Waals surface area contributed by atoms with Crippen LogP contribution in [0.5, 0.6) is 0 Å². The Kier molecular flexibility index (Phi) is 3.87. The van der Waals surface area contributed by atoms with Crippen LogP contribution in [-0.4, -0.2) is 19.3 Å². The van der Waals surface area contributed by atoms with E-state index < -0.39 is 15.9 Å². The Bertz CT molecular complexity index is 1010. The number of carbonyl (C=O) groups excluding carboxylic acids is 1. The highest BCUT2D eigenvalue weighted by Gasteiger charge is 2.23. The molecule has 0 bridgehead atoms. The van der Waals surface area contributed by atoms with Crippen LogP contribution >= 0.6 is 11.6 Å². The molecule has 118 valence electrons. The average molecular weight is 349 g/mol. The number of aromatic nitrogens is 1. The number of hydrogen-bond donors (Lipinski definition) is 2. The van der Waals surface area contributed by atoms with Crippen molar-refractivity contribution >= 4 is 38.4 Å². The highest BCUT2D eigenvalue weighted by Crippen LogP contribution is 2.23. The van der Waals surface area contributed by atoms with Crippen molar-refractivity contribution < 1.29 is 13.2 Å². The molecule has 0 unspecified atom stereocenters. The number of rotatable bonds is 3. The molecule has 0 aliphatic heterocycles. The van der Waals surface area contributed by atoms with Crippen molar-refractivity contribution in [3.8, 4) is 0 Å². The summed E-state index contributed by atoms with van der Waals surface area (Å²) < 4.78 is 26.7. The van der Waals surface area contributed by atoms with Gasteiger partial charge in [0, 0.05) is 10.9 Å². The number of sulfonamides is 1. The third-order valence-corrected chi connectivity index (χ3v) is 5.38. The first-order chi connectivity index (χ1) is 10.9. The lowest BCUT2D eigenvalue weighted by Gasteiger charge is -2.08. The summed E-state index contributed by atoms with van der Waals surface area (Å²) in [5.74, 6) is -0.724. The summed E-state index contributed by atoms with van der Waals surface area (Å²) in [7, 11) is -4.04. The highest BCUT2D eigenvalue weighted by molar-refractivity contribution is 7.90. The number of amides is 1. The molecule has 0 saturated carbocycles. The lowest BCUT2D eigenvalue weighted by molar-refractivity contribution is 0.0977. The van der Waals surface area contributed by atoms with Crippen molar-refractivity contribution in [1.82, 2.24) is 9.71 Å². The molecule has 2 aromatic carbocycles. The molecule has 0 spiro atoms. The molecule has 0 atom stereocenters. The molecule has 0 fully saturated rings. The van der Waals surface area contributed by atoms with Crippen molar-refractivity contribution in [3.05, 3.63) is 64.8 Å². The summed E-state index contributed by atoms with van der Waals surface area (Å²) >= 11 is 5.90. The van der Waals surface area contributed by atoms with Crippen molar-refractivity contribution in [3.63, 3.8) is 0 Å². The van der Waals surface area contributed by atoms with E-state index in [4.69, 9.17) is 11.6 Å². The highest BCUT2D eigenvalue weighted by atomic mass is 35.5. The number of nitrogens with one attached hydrogen (secondary N) is 2. The standard InChI is InChI=1S/C16H13ClN2O3S/c1-10-11-6-2-4-8-13(11)18-15(10)16(20)19-23(21,22)14-9-5-3-7-12(14)17/h2-9,18H,1H3,(H,19,20). The van der Waals surface area contributed by atoms with Gasteiger partial charge in [-0.05, 0) is 30.7 Å². The molecule has 1 amide bonds. The van der Waals surface area contributed by atoms with Crippen LogP contribution in [0, 0.1) is 6.92 Å². The van der Waals surface area contributed by atoms with Crippen LogP contribution in [0.4, 0.5) is 0 Å². The fourth-order valence-electron chi connectivity index (χ4n) is 2.40. The molecule has 23 heavy (non-hydrogen) atoms. The Hall–Kier alpha value is -2.31. The molecule has 0 aliphatic carbocycles. The summed E-state index contributed by atoms with van der Waals surface area (Å²) in [6, 6.07) is 13.3. The summed E-state index contributed by atoms with van der Waals surface area (Å²) in [5.41, 5.74) is 1.67. The van der Waals surface area contributed by atoms with Crippen LogP contribution in [0.1, 0.15) is 16.1 Å². The molecule has 3 rings (SSSR count). The Morgan fingerprint density at radius 2 is 1.74 bits per heavy atom. The Morgan fingerprint density at radius 1 is 1.09 bits per heavy atom. The van der Waals surface area contributed by atoms with Gasteiger partial charge in [-0.2, -0.15) is 0 Å². The lowest BCUT2D eigenvalue weighted by Crippen LogP contribution is -2.31. The predicted octanol–water partition coefficient (Wildman–Crippen LogP) is 3.25. The summed E-state index contributed by atoms with van der Waals surface area (Å²) in [5, 5.41) is 0.925. The first-order valence-corrected chi connectivity index (χ1v) is 8.65. The largest absolute Gasteiger partial charge is 0.350 e. The van der Waals surface area contributed by atoms with Gasteiger partial charge in [0.2, 0.25) is 0 Å². The van der Waals surface area contributed by atoms with Crippen LogP contribution in [0.25, 0.3) is 10.9 Å². The van der Waals surface area contributed by atoms with Crippen molar-refractivity contribution in [2.45, 2.75) is 11.8 Å². The Balaban J connectivity index is 1.98. The van der Waals surface area contributed by atoms with E-state index in [0.29, 0.717) is 5.56 Å². The first kappa shape index (κ1) is 15.6. The number of halogens is 1. The number of H-pyrrole nitrogens is 1. The minimum atomic E-state index is -4.04. The van der Waals surface area contributed by atoms with Gasteiger partial charge in [0.1, 0.15) is 10.6 Å². The molecule has 5 nitrogen and oxygen atoms in total. The molecule has 0 saturated heterocycles. The van der Waals surface area contributed by atoms with E-state index in [0.717, 1.165) is 10.9 Å². The third kappa shape index (κ3) is 2.83. The van der Waals surface area contributed by atoms with Crippen molar-refractivity contribution in [1.29, 1.82) is 0 Å². The number of hydrogen-bond acceptors (Lipinski definition) is 3. The first-order valence-electron chi connectivity index (χ1n) is 6.79. The lowest BCUT2D eigenvalue weighted by atomic mass is 10.1. The number of carbonyl (C=O) groups is 1. The molecule has 2 N–H and O–H groups in total. The van der Waals surface area contributed by atoms with Gasteiger partial charge >= 0.3 is 0 Å². The van der Waals surface area contributed by atoms with Gasteiger partial charge in [0.05, 0.1) is 5.02 Å². The molecule has 7 heteroatoms. The normalized spacial score (nSPS) is 11.6. The summed E-state index contributed by atoms with van der Waals surface area (Å²) in [6.07, 6.45) is 0. The summed E-state index contributed by atoms with van der Waals surface area (Å²) in [6.45, 7) is 1.76. The molecule has 0 aliphatic rings. The van der Waals surface area contributed by atoms with E-state index in [1.54, 1.807) is 19.1 Å². The van der Waals surface area contributed by atoms with E-state index in [9.17, 15) is 13.2 Å². The van der Waals surface area contributed by atoms with Crippen molar-refractivity contribution in [2.24, 2.45) is 0 Å². The van der Waals surface area contributed by atoms with Gasteiger partial charge in [-0.1, -0.05) is 41.9 Å². The molecular formula is C16H13ClN2O3S. The number of aryl methyl sites for hydroxylation is 1. The van der Waals surface area contributed by atoms with Crippen LogP contribution in [-0.2, 0) is 10.0 Å². The smallest absolute Gasteiger partial charge is 0.281 e. The van der Waals surface area contributed by atoms with E-state index in [1.165, 1.54) is 12.1 Å². The fraction of sp³-hybridized carbons (Fsp3) is 0.0625. The topological polar surface area (TPSA) is 79.0 Å². The van der Waals surface area contributed by atoms with Gasteiger partial charge in [-0.3, -0.25) is 4.79 Å². The minimum Gasteiger partial charge on any atom is -0.350 e. The Morgan fingerprint density at radius 3 is 2.43 bits per heavy atom. The number of benzene rings is 2. The van der Waals surface area contributed by atoms with Crippen molar-refractivity contribution in [2.75, 3.05) is 0 Å². The Labute approximate surface area is 138 Å². The zero-order valence-corrected chi connectivity index (χ0v) is 13.7. The minimum absolute atomic E-state index is 0.0566. The van der Waals surface area contributed by atoms with Gasteiger partial charge in [-0.25, -0.2) is 13.1 Å². The zero-order valence-electron chi connectivity index (χ0n) is 12.1. The SMILES string of the molecule is Cc1c(C(=O)NS(=O)(=O)c2ccccc2Cl)[nH]c2ccccc12. The van der Waals surface area contributed by atoms with Gasteiger partial charge < -0.3 is 4.98 Å². The molecular weight excluding hydrogens is 336 g/mol. The van der Waals surface area contributed by atoms with E-state index >= 15 is 0 Å². The third-order valence-electron chi connectivity index (χ3n) is 3.55. The summed E-state index contributed by atoms with van der Waals surface area (Å²) in [4.78, 5) is 15.2. The van der Waals surface area contributed by atoms with Crippen LogP contribution in [0.15, 0.2) is 53.4 Å². The van der Waals surface area contributed by atoms with E-state index in [2.05, 4.69) is 4.98 Å². The molecule has 3 aromatic rings. The van der Waals surface area contributed by atoms with E-state index in [-0.39, 0.29) is 15.6 Å². The maximum absolute atomic E-state index is 12.4. The number of fused-ring (bicyclic) bond motifs is 1. The number of aromatic amines is 1. The maximum atomic E-state index is 12.4. The molecule has 0 radical (unpaired) electrons. The van der Waals surface area contributed by atoms with Crippen LogP contribution in [0.3, 0.4) is 0 Å². The molecule has 1 heterocycles. The van der Waals surface area contributed by atoms with Gasteiger partial charge in [0.25, 0.3) is 15.9 Å². The molecule has 1 aromatic heterocycles. The zero-order chi connectivity index (χ0) is 16.6. The fourth-order valence-corrected chi connectivity index (χ4v) is 3.88. The second kappa shape index (κ2) is 5.72. The predicted molar refractivity (Wildman–Crippen MR) is 89.1 cm³/mol. The van der Waals surface area contributed by atoms with Gasteiger partial charge in [-0.15, -0.1) is 0 Å². The number of para-hydroxylation sites is 1. The van der Waals surface area contributed by atoms with E-state index in [1.807, 2.05) is 29.0 Å².